The molecule has 2 N–H and O–H groups in total. The van der Waals surface area contributed by atoms with Crippen molar-refractivity contribution in [2.24, 2.45) is 5.16 Å². The van der Waals surface area contributed by atoms with E-state index in [-0.39, 0.29) is 0 Å². The highest BCUT2D eigenvalue weighted by molar-refractivity contribution is 5.83. The van der Waals surface area contributed by atoms with E-state index in [2.05, 4.69) is 35.2 Å². The summed E-state index contributed by atoms with van der Waals surface area (Å²) >= 11 is 0. The van der Waals surface area contributed by atoms with Crippen molar-refractivity contribution in [3.63, 3.8) is 0 Å². The first-order valence-electron chi connectivity index (χ1n) is 5.26. The largest absolute Gasteiger partial charge is 0.399 e. The third-order valence-corrected chi connectivity index (χ3v) is 2.25. The predicted molar refractivity (Wildman–Crippen MR) is 64.9 cm³/mol. The Labute approximate surface area is 98.3 Å². The van der Waals surface area contributed by atoms with Crippen LogP contribution in [0, 0.1) is 0 Å². The predicted octanol–water partition coefficient (Wildman–Crippen LogP) is 1.18. The summed E-state index contributed by atoms with van der Waals surface area (Å²) in [6.07, 6.45) is 3.87. The number of fused-ring (bicyclic) bond motifs is 1. The van der Waals surface area contributed by atoms with E-state index in [0.717, 1.165) is 30.0 Å². The van der Waals surface area contributed by atoms with Crippen molar-refractivity contribution < 1.29 is 4.84 Å². The Balaban J connectivity index is 1.99. The standard InChI is InChI=1S/C10H14N6O/c1-7(16-17-2)3-4-11-9-8-10(13-5-12-8)15-6-14-9/h5-6H,3-4H2,1-2H3,(H2,11,12,13,14,15). The van der Waals surface area contributed by atoms with Gasteiger partial charge in [-0.2, -0.15) is 0 Å². The Morgan fingerprint density at radius 3 is 3.18 bits per heavy atom. The fraction of sp³-hybridized carbons (Fsp3) is 0.400. The topological polar surface area (TPSA) is 88.1 Å². The Morgan fingerprint density at radius 2 is 2.35 bits per heavy atom. The van der Waals surface area contributed by atoms with Crippen LogP contribution in [-0.4, -0.2) is 39.3 Å². The van der Waals surface area contributed by atoms with Crippen LogP contribution in [0.2, 0.25) is 0 Å². The van der Waals surface area contributed by atoms with Crippen molar-refractivity contribution in [2.75, 3.05) is 19.0 Å². The van der Waals surface area contributed by atoms with Crippen LogP contribution in [0.5, 0.6) is 0 Å². The average Bonchev–Trinajstić information content (AvgIpc) is 2.78. The summed E-state index contributed by atoms with van der Waals surface area (Å²) in [6, 6.07) is 0. The van der Waals surface area contributed by atoms with Crippen LogP contribution in [0.4, 0.5) is 5.82 Å². The van der Waals surface area contributed by atoms with E-state index < -0.39 is 0 Å². The molecule has 0 unspecified atom stereocenters. The van der Waals surface area contributed by atoms with Crippen LogP contribution < -0.4 is 5.32 Å². The summed E-state index contributed by atoms with van der Waals surface area (Å²) in [7, 11) is 1.54. The minimum Gasteiger partial charge on any atom is -0.399 e. The van der Waals surface area contributed by atoms with Crippen molar-refractivity contribution in [1.29, 1.82) is 0 Å². The summed E-state index contributed by atoms with van der Waals surface area (Å²) < 4.78 is 0. The zero-order valence-electron chi connectivity index (χ0n) is 9.77. The van der Waals surface area contributed by atoms with Gasteiger partial charge in [-0.25, -0.2) is 15.0 Å². The smallest absolute Gasteiger partial charge is 0.182 e. The molecule has 2 aromatic heterocycles. The highest BCUT2D eigenvalue weighted by Crippen LogP contribution is 2.13. The van der Waals surface area contributed by atoms with Gasteiger partial charge in [0.05, 0.1) is 12.0 Å². The van der Waals surface area contributed by atoms with Crippen molar-refractivity contribution in [2.45, 2.75) is 13.3 Å². The van der Waals surface area contributed by atoms with Crippen LogP contribution in [0.1, 0.15) is 13.3 Å². The number of nitrogens with one attached hydrogen (secondary N) is 2. The summed E-state index contributed by atoms with van der Waals surface area (Å²) in [5, 5.41) is 7.04. The first kappa shape index (κ1) is 11.3. The number of oxime groups is 1. The van der Waals surface area contributed by atoms with E-state index in [1.165, 1.54) is 13.4 Å². The van der Waals surface area contributed by atoms with E-state index in [9.17, 15) is 0 Å². The molecule has 2 aromatic rings. The molecule has 0 saturated carbocycles. The fourth-order valence-corrected chi connectivity index (χ4v) is 1.46. The highest BCUT2D eigenvalue weighted by Gasteiger charge is 2.04. The van der Waals surface area contributed by atoms with Crippen molar-refractivity contribution >= 4 is 22.7 Å². The number of imidazole rings is 1. The second kappa shape index (κ2) is 5.24. The van der Waals surface area contributed by atoms with Gasteiger partial charge in [0.1, 0.15) is 19.0 Å². The molecule has 7 nitrogen and oxygen atoms in total. The molecule has 0 spiro atoms. The molecule has 2 rings (SSSR count). The molecule has 90 valence electrons. The molecule has 2 heterocycles. The maximum absolute atomic E-state index is 4.68. The molecule has 0 aliphatic carbocycles. The number of anilines is 1. The van der Waals surface area contributed by atoms with Crippen LogP contribution >= 0.6 is 0 Å². The van der Waals surface area contributed by atoms with Gasteiger partial charge in [0, 0.05) is 13.0 Å². The SMILES string of the molecule is CON=C(C)CCNc1ncnc2nc[nH]c12. The molecule has 0 atom stereocenters. The molecule has 0 aliphatic heterocycles. The molecule has 17 heavy (non-hydrogen) atoms. The maximum Gasteiger partial charge on any atom is 0.182 e. The highest BCUT2D eigenvalue weighted by atomic mass is 16.6. The van der Waals surface area contributed by atoms with Gasteiger partial charge in [-0.05, 0) is 6.92 Å². The molecule has 0 amide bonds. The first-order valence-corrected chi connectivity index (χ1v) is 5.26. The number of aromatic amines is 1. The van der Waals surface area contributed by atoms with Crippen molar-refractivity contribution in [3.05, 3.63) is 12.7 Å². The van der Waals surface area contributed by atoms with Gasteiger partial charge in [0.25, 0.3) is 0 Å². The lowest BCUT2D eigenvalue weighted by molar-refractivity contribution is 0.212. The van der Waals surface area contributed by atoms with Crippen molar-refractivity contribution in [3.8, 4) is 0 Å². The zero-order chi connectivity index (χ0) is 12.1. The van der Waals surface area contributed by atoms with Crippen molar-refractivity contribution in [1.82, 2.24) is 19.9 Å². The van der Waals surface area contributed by atoms with Crippen LogP contribution in [-0.2, 0) is 4.84 Å². The second-order valence-corrected chi connectivity index (χ2v) is 3.51. The molecule has 0 saturated heterocycles. The minimum atomic E-state index is 0.657. The number of rotatable bonds is 5. The molecule has 0 bridgehead atoms. The van der Waals surface area contributed by atoms with Crippen LogP contribution in [0.15, 0.2) is 17.8 Å². The van der Waals surface area contributed by atoms with Gasteiger partial charge in [-0.1, -0.05) is 5.16 Å². The summed E-state index contributed by atoms with van der Waals surface area (Å²) in [4.78, 5) is 19.9. The first-order chi connectivity index (χ1) is 8.31. The van der Waals surface area contributed by atoms with E-state index >= 15 is 0 Å². The summed E-state index contributed by atoms with van der Waals surface area (Å²) in [5.74, 6) is 0.748. The molecule has 0 radical (unpaired) electrons. The van der Waals surface area contributed by atoms with Gasteiger partial charge in [0.15, 0.2) is 11.5 Å². The Morgan fingerprint density at radius 1 is 1.47 bits per heavy atom. The minimum absolute atomic E-state index is 0.657. The lowest BCUT2D eigenvalue weighted by Gasteiger charge is -2.05. The zero-order valence-corrected chi connectivity index (χ0v) is 9.77. The van der Waals surface area contributed by atoms with Gasteiger partial charge < -0.3 is 15.1 Å². The van der Waals surface area contributed by atoms with E-state index in [1.807, 2.05) is 6.92 Å². The van der Waals surface area contributed by atoms with Gasteiger partial charge in [0.2, 0.25) is 0 Å². The number of hydrogen-bond acceptors (Lipinski definition) is 6. The quantitative estimate of drug-likeness (QED) is 0.599. The third-order valence-electron chi connectivity index (χ3n) is 2.25. The normalized spacial score (nSPS) is 11.8. The molecule has 0 aliphatic rings. The summed E-state index contributed by atoms with van der Waals surface area (Å²) in [6.45, 7) is 2.64. The second-order valence-electron chi connectivity index (χ2n) is 3.51. The summed E-state index contributed by atoms with van der Waals surface area (Å²) in [5.41, 5.74) is 2.40. The molecule has 0 fully saturated rings. The van der Waals surface area contributed by atoms with E-state index in [0.29, 0.717) is 5.65 Å². The van der Waals surface area contributed by atoms with Crippen LogP contribution in [0.25, 0.3) is 11.2 Å². The Kier molecular flexibility index (Phi) is 3.49. The van der Waals surface area contributed by atoms with Crippen LogP contribution in [0.3, 0.4) is 0 Å². The Hall–Kier alpha value is -2.18. The number of hydrogen-bond donors (Lipinski definition) is 2. The molecule has 0 aromatic carbocycles. The lowest BCUT2D eigenvalue weighted by atomic mass is 10.3. The molecule has 7 heteroatoms. The maximum atomic E-state index is 4.68. The third kappa shape index (κ3) is 2.68. The average molecular weight is 234 g/mol. The monoisotopic (exact) mass is 234 g/mol. The number of nitrogens with zero attached hydrogens (tertiary/aromatic N) is 4. The fourth-order valence-electron chi connectivity index (χ4n) is 1.46. The lowest BCUT2D eigenvalue weighted by Crippen LogP contribution is -2.08. The van der Waals surface area contributed by atoms with Gasteiger partial charge >= 0.3 is 0 Å². The molecular weight excluding hydrogens is 220 g/mol. The molecular formula is C10H14N6O. The Bertz CT molecular complexity index is 520. The van der Waals surface area contributed by atoms with Gasteiger partial charge in [-0.15, -0.1) is 0 Å². The number of aromatic nitrogens is 4. The van der Waals surface area contributed by atoms with Gasteiger partial charge in [-0.3, -0.25) is 0 Å². The number of H-pyrrole nitrogens is 1. The van der Waals surface area contributed by atoms with E-state index in [4.69, 9.17) is 0 Å². The van der Waals surface area contributed by atoms with E-state index in [1.54, 1.807) is 6.33 Å².